The SMILES string of the molecule is Brc1ccc2[nH]c3c(OCCN4CCOCC4)c4[nH]c5ccc(Br)cc5c4cc3c2c1.CNCCOc1c2[nH]c3ccc(Br)cc3c2cc2c1[nH]c1ccc(Br)cc12. The lowest BCUT2D eigenvalue weighted by atomic mass is 10.1. The summed E-state index contributed by atoms with van der Waals surface area (Å²) in [6.45, 7) is 6.43. The van der Waals surface area contributed by atoms with Crippen molar-refractivity contribution >= 4 is 151 Å². The predicted molar refractivity (Wildman–Crippen MR) is 253 cm³/mol. The monoisotopic (exact) mass is 1030 g/mol. The van der Waals surface area contributed by atoms with Crippen molar-refractivity contribution < 1.29 is 14.2 Å². The molecule has 58 heavy (non-hydrogen) atoms. The van der Waals surface area contributed by atoms with Crippen molar-refractivity contribution in [2.45, 2.75) is 0 Å². The minimum absolute atomic E-state index is 0.600. The second-order valence-electron chi connectivity index (χ2n) is 14.6. The zero-order chi connectivity index (χ0) is 39.5. The summed E-state index contributed by atoms with van der Waals surface area (Å²) >= 11 is 14.4. The van der Waals surface area contributed by atoms with Crippen LogP contribution in [0, 0.1) is 0 Å². The maximum absolute atomic E-state index is 6.49. The predicted octanol–water partition coefficient (Wildman–Crippen LogP) is 12.3. The molecule has 0 amide bonds. The van der Waals surface area contributed by atoms with Gasteiger partial charge in [0.1, 0.15) is 13.2 Å². The number of H-pyrrole nitrogens is 4. The lowest BCUT2D eigenvalue weighted by molar-refractivity contribution is 0.0324. The van der Waals surface area contributed by atoms with Crippen LogP contribution in [0.2, 0.25) is 0 Å². The first-order valence-corrected chi connectivity index (χ1v) is 22.4. The number of nitrogens with zero attached hydrogens (tertiary/aromatic N) is 1. The van der Waals surface area contributed by atoms with E-state index in [0.717, 1.165) is 113 Å². The molecule has 10 aromatic rings. The molecule has 294 valence electrons. The van der Waals surface area contributed by atoms with Crippen molar-refractivity contribution in [3.05, 3.63) is 103 Å². The van der Waals surface area contributed by atoms with Gasteiger partial charge in [0.2, 0.25) is 0 Å². The Hall–Kier alpha value is -4.08. The number of likely N-dealkylation sites (N-methyl/N-ethyl adjacent to an activating group) is 1. The topological polar surface area (TPSA) is 106 Å². The number of ether oxygens (including phenoxy) is 3. The van der Waals surface area contributed by atoms with Gasteiger partial charge in [0.05, 0.1) is 35.3 Å². The smallest absolute Gasteiger partial charge is 0.167 e. The van der Waals surface area contributed by atoms with Crippen LogP contribution in [0.15, 0.2) is 103 Å². The fourth-order valence-corrected chi connectivity index (χ4v) is 9.68. The van der Waals surface area contributed by atoms with Crippen LogP contribution in [0.5, 0.6) is 11.5 Å². The number of aromatic nitrogens is 4. The van der Waals surface area contributed by atoms with E-state index in [-0.39, 0.29) is 0 Å². The molecule has 11 rings (SSSR count). The summed E-state index contributed by atoms with van der Waals surface area (Å²) in [6.07, 6.45) is 0. The lowest BCUT2D eigenvalue weighted by Gasteiger charge is -2.26. The van der Waals surface area contributed by atoms with Crippen LogP contribution in [0.3, 0.4) is 0 Å². The molecule has 13 heteroatoms. The third kappa shape index (κ3) is 6.98. The molecule has 1 saturated heterocycles. The van der Waals surface area contributed by atoms with E-state index in [0.29, 0.717) is 13.2 Å². The highest BCUT2D eigenvalue weighted by Crippen LogP contribution is 2.43. The normalized spacial score (nSPS) is 13.9. The molecule has 0 unspecified atom stereocenters. The number of fused-ring (bicyclic) bond motifs is 12. The van der Waals surface area contributed by atoms with E-state index >= 15 is 0 Å². The molecule has 6 aromatic carbocycles. The van der Waals surface area contributed by atoms with Gasteiger partial charge in [0, 0.05) is 109 Å². The summed E-state index contributed by atoms with van der Waals surface area (Å²) < 4.78 is 22.5. The van der Waals surface area contributed by atoms with Gasteiger partial charge in [-0.15, -0.1) is 0 Å². The fourth-order valence-electron chi connectivity index (χ4n) is 8.24. The summed E-state index contributed by atoms with van der Waals surface area (Å²) in [5.74, 6) is 1.76. The Bertz CT molecular complexity index is 2990. The zero-order valence-electron chi connectivity index (χ0n) is 31.4. The first kappa shape index (κ1) is 38.1. The van der Waals surface area contributed by atoms with Gasteiger partial charge in [-0.25, -0.2) is 0 Å². The Morgan fingerprint density at radius 2 is 0.879 bits per heavy atom. The molecule has 9 nitrogen and oxygen atoms in total. The summed E-state index contributed by atoms with van der Waals surface area (Å²) in [7, 11) is 1.93. The number of aromatic amines is 4. The molecule has 1 aliphatic heterocycles. The standard InChI is InChI=1S/C24H21Br2N3O2.C21H17Br2N3O/c25-14-1-3-20-16(11-14)18-13-19-17-12-15(26)2-4-21(17)28-23(19)24(22(18)27-20)31-10-7-29-5-8-30-9-6-29;1-24-6-7-27-21-19-15(13-8-11(22)2-4-17(13)25-19)10-16-14-9-12(23)3-5-18(14)26-20(16)21/h1-4,11-13,27-28H,5-10H2;2-5,8-10,24-26H,6-7H2,1H3. The van der Waals surface area contributed by atoms with Gasteiger partial charge >= 0.3 is 0 Å². The molecular weight excluding hydrogens is 992 g/mol. The maximum Gasteiger partial charge on any atom is 0.167 e. The van der Waals surface area contributed by atoms with Crippen LogP contribution in [-0.4, -0.2) is 84.5 Å². The molecule has 0 radical (unpaired) electrons. The van der Waals surface area contributed by atoms with E-state index in [9.17, 15) is 0 Å². The van der Waals surface area contributed by atoms with Crippen molar-refractivity contribution in [3.8, 4) is 11.5 Å². The molecule has 0 bridgehead atoms. The largest absolute Gasteiger partial charge is 0.488 e. The molecule has 5 N–H and O–H groups in total. The third-order valence-corrected chi connectivity index (χ3v) is 13.0. The first-order chi connectivity index (χ1) is 28.3. The van der Waals surface area contributed by atoms with Crippen molar-refractivity contribution in [1.82, 2.24) is 30.2 Å². The molecule has 1 aliphatic rings. The minimum Gasteiger partial charge on any atom is -0.488 e. The summed E-state index contributed by atoms with van der Waals surface area (Å²) in [5.41, 5.74) is 8.54. The fraction of sp³-hybridized carbons (Fsp3) is 0.200. The van der Waals surface area contributed by atoms with Gasteiger partial charge in [0.15, 0.2) is 11.5 Å². The number of benzene rings is 6. The van der Waals surface area contributed by atoms with Crippen molar-refractivity contribution in [3.63, 3.8) is 0 Å². The van der Waals surface area contributed by atoms with Crippen LogP contribution in [-0.2, 0) is 4.74 Å². The molecule has 0 aliphatic carbocycles. The van der Waals surface area contributed by atoms with Crippen molar-refractivity contribution in [2.24, 2.45) is 0 Å². The van der Waals surface area contributed by atoms with Crippen LogP contribution in [0.1, 0.15) is 0 Å². The summed E-state index contributed by atoms with van der Waals surface area (Å²) in [5, 5.41) is 12.6. The number of nitrogens with one attached hydrogen (secondary N) is 5. The van der Waals surface area contributed by atoms with E-state index in [1.54, 1.807) is 0 Å². The number of hydrogen-bond donors (Lipinski definition) is 5. The first-order valence-electron chi connectivity index (χ1n) is 19.2. The lowest BCUT2D eigenvalue weighted by Crippen LogP contribution is -2.38. The van der Waals surface area contributed by atoms with Gasteiger partial charge in [-0.1, -0.05) is 63.7 Å². The highest BCUT2D eigenvalue weighted by Gasteiger charge is 2.20. The van der Waals surface area contributed by atoms with E-state index in [1.807, 2.05) is 7.05 Å². The van der Waals surface area contributed by atoms with Gasteiger partial charge in [-0.3, -0.25) is 4.90 Å². The minimum atomic E-state index is 0.600. The Morgan fingerprint density at radius 3 is 1.24 bits per heavy atom. The van der Waals surface area contributed by atoms with Gasteiger partial charge in [-0.2, -0.15) is 0 Å². The average Bonchev–Trinajstić information content (AvgIpc) is 3.98. The Balaban J connectivity index is 0.000000142. The molecule has 5 heterocycles. The Labute approximate surface area is 366 Å². The summed E-state index contributed by atoms with van der Waals surface area (Å²) in [6, 6.07) is 29.8. The van der Waals surface area contributed by atoms with E-state index in [1.165, 1.54) is 43.1 Å². The number of rotatable bonds is 8. The highest BCUT2D eigenvalue weighted by atomic mass is 79.9. The third-order valence-electron chi connectivity index (χ3n) is 11.0. The molecule has 4 aromatic heterocycles. The van der Waals surface area contributed by atoms with Crippen LogP contribution >= 0.6 is 63.7 Å². The van der Waals surface area contributed by atoms with Crippen LogP contribution in [0.25, 0.3) is 87.2 Å². The number of morpholine rings is 1. The van der Waals surface area contributed by atoms with Gasteiger partial charge in [-0.05, 0) is 92.0 Å². The van der Waals surface area contributed by atoms with Gasteiger partial charge in [0.25, 0.3) is 0 Å². The van der Waals surface area contributed by atoms with Crippen molar-refractivity contribution in [2.75, 3.05) is 59.7 Å². The molecule has 1 fully saturated rings. The number of hydrogen-bond acceptors (Lipinski definition) is 5. The Morgan fingerprint density at radius 1 is 0.517 bits per heavy atom. The van der Waals surface area contributed by atoms with Crippen LogP contribution < -0.4 is 14.8 Å². The van der Waals surface area contributed by atoms with Gasteiger partial charge < -0.3 is 39.5 Å². The number of halogens is 4. The molecule has 0 spiro atoms. The quantitative estimate of drug-likeness (QED) is 0.0975. The van der Waals surface area contributed by atoms with E-state index in [4.69, 9.17) is 14.2 Å². The Kier molecular flexibility index (Phi) is 10.4. The second-order valence-corrected chi connectivity index (χ2v) is 18.3. The van der Waals surface area contributed by atoms with E-state index in [2.05, 4.69) is 179 Å². The van der Waals surface area contributed by atoms with Crippen LogP contribution in [0.4, 0.5) is 0 Å². The molecule has 0 saturated carbocycles. The van der Waals surface area contributed by atoms with Crippen molar-refractivity contribution in [1.29, 1.82) is 0 Å². The zero-order valence-corrected chi connectivity index (χ0v) is 37.8. The summed E-state index contributed by atoms with van der Waals surface area (Å²) in [4.78, 5) is 16.7. The van der Waals surface area contributed by atoms with E-state index < -0.39 is 0 Å². The maximum atomic E-state index is 6.49. The average molecular weight is 1030 g/mol. The molecular formula is C45H38Br4N6O3. The molecule has 0 atom stereocenters. The second kappa shape index (κ2) is 15.8. The highest BCUT2D eigenvalue weighted by molar-refractivity contribution is 9.11.